The Kier molecular flexibility index (Phi) is 30.0. The first-order chi connectivity index (χ1) is 34.9. The number of carbonyl (C=O) groups is 3. The van der Waals surface area contributed by atoms with E-state index in [1.165, 1.54) is 37.5 Å². The number of cyclic esters (lactones) is 1. The molecule has 3 heterocycles. The van der Waals surface area contributed by atoms with Gasteiger partial charge in [0.15, 0.2) is 6.10 Å². The van der Waals surface area contributed by atoms with Gasteiger partial charge in [0.05, 0.1) is 37.4 Å². The Bertz CT molecular complexity index is 2130. The predicted molar refractivity (Wildman–Crippen MR) is 271 cm³/mol. The van der Waals surface area contributed by atoms with Crippen LogP contribution in [0.15, 0.2) is 77.8 Å². The first-order valence-corrected chi connectivity index (χ1v) is 28.4. The molecule has 2 aliphatic rings. The number of phosphoric ester groups is 2. The average molecular weight is 1070 g/mol. The molecule has 2 aliphatic heterocycles. The molecule has 21 nitrogen and oxygen atoms in total. The Balaban J connectivity index is 1.80. The van der Waals surface area contributed by atoms with E-state index in [4.69, 9.17) is 29.0 Å². The van der Waals surface area contributed by atoms with Crippen molar-refractivity contribution in [2.24, 2.45) is 11.8 Å². The van der Waals surface area contributed by atoms with Crippen LogP contribution in [0.1, 0.15) is 142 Å². The van der Waals surface area contributed by atoms with E-state index in [-0.39, 0.29) is 37.9 Å². The maximum Gasteiger partial charge on any atom is 0.481 e. The number of aliphatic hydroxyl groups is 4. The van der Waals surface area contributed by atoms with Crippen molar-refractivity contribution in [1.29, 1.82) is 0 Å². The zero-order valence-electron chi connectivity index (χ0n) is 42.1. The second-order valence-electron chi connectivity index (χ2n) is 18.1. The molecular weight excluding hydrogens is 993 g/mol. The van der Waals surface area contributed by atoms with Gasteiger partial charge in [-0.3, -0.25) is 28.0 Å². The molecule has 0 saturated carbocycles. The molecule has 0 aromatic carbocycles. The highest BCUT2D eigenvalue weighted by Crippen LogP contribution is 2.60. The Morgan fingerprint density at radius 2 is 1.53 bits per heavy atom. The number of rotatable bonds is 22. The van der Waals surface area contributed by atoms with Crippen molar-refractivity contribution in [2.75, 3.05) is 25.6 Å². The highest BCUT2D eigenvalue weighted by Gasteiger charge is 2.45. The number of phosphoric acid groups is 2. The molecule has 0 spiro atoms. The Morgan fingerprint density at radius 1 is 0.890 bits per heavy atom. The van der Waals surface area contributed by atoms with Crippen molar-refractivity contribution < 1.29 is 81.3 Å². The lowest BCUT2D eigenvalue weighted by atomic mass is 9.83. The molecule has 23 heteroatoms. The van der Waals surface area contributed by atoms with Crippen molar-refractivity contribution in [2.45, 2.75) is 179 Å². The van der Waals surface area contributed by atoms with Gasteiger partial charge in [-0.1, -0.05) is 107 Å². The summed E-state index contributed by atoms with van der Waals surface area (Å²) in [5.74, 6) is -5.19. The number of hydrogen-bond donors (Lipinski definition) is 7. The number of unbranched alkanes of at least 4 members (excludes halogenated alkanes) is 7. The Morgan fingerprint density at radius 3 is 2.21 bits per heavy atom. The number of ketones is 1. The zero-order chi connectivity index (χ0) is 53.7. The third kappa shape index (κ3) is 25.4. The molecule has 0 amide bonds. The number of Topliss-reactive ketones (excluding diaryl/α,β-unsaturated/α-hetero) is 1. The molecule has 1 fully saturated rings. The lowest BCUT2D eigenvalue weighted by Gasteiger charge is -2.38. The number of nitrogens with zero attached hydrogens (tertiary/aromatic N) is 2. The molecule has 2 unspecified atom stereocenters. The summed E-state index contributed by atoms with van der Waals surface area (Å²) >= 11 is 0. The van der Waals surface area contributed by atoms with Gasteiger partial charge in [-0.15, -0.1) is 0 Å². The maximum atomic E-state index is 14.3. The average Bonchev–Trinajstić information content (AvgIpc) is 3.33. The minimum absolute atomic E-state index is 0.0241. The number of nitrogen functional groups attached to an aromatic ring is 1. The lowest BCUT2D eigenvalue weighted by Crippen LogP contribution is -2.51. The number of fused-ring (bicyclic) bond motifs is 3. The van der Waals surface area contributed by atoms with Gasteiger partial charge in [0.1, 0.15) is 36.6 Å². The van der Waals surface area contributed by atoms with Crippen LogP contribution in [0.2, 0.25) is 0 Å². The van der Waals surface area contributed by atoms with Crippen LogP contribution in [0, 0.1) is 11.8 Å². The molecule has 73 heavy (non-hydrogen) atoms. The third-order valence-corrected chi connectivity index (χ3v) is 14.5. The van der Waals surface area contributed by atoms with E-state index in [1.54, 1.807) is 12.2 Å². The largest absolute Gasteiger partial charge is 0.481 e. The van der Waals surface area contributed by atoms with Crippen LogP contribution in [-0.4, -0.2) is 114 Å². The van der Waals surface area contributed by atoms with Crippen LogP contribution in [-0.2, 0) is 51.1 Å². The fraction of sp³-hybridized carbons (Fsp3) is 0.660. The number of aliphatic hydroxyl groups excluding tert-OH is 4. The van der Waals surface area contributed by atoms with Gasteiger partial charge in [0, 0.05) is 31.4 Å². The van der Waals surface area contributed by atoms with E-state index < -0.39 is 120 Å². The molecule has 0 radical (unpaired) electrons. The number of ether oxygens (including phenoxy) is 3. The SMILES string of the molecule is CCCCC/C=C\C/C=C\C/C=C\CCCCC(=O)OC[C@@H]1COP(=O)(O)OP(=O)(O)OC[C@H]2O[C@@H](n3ccc(N)nc3=O)[C@@H](CC=CCCCC(=O)O1)C(=O)C[C@@H](O)[C@H](C=C[C@@H](O)CCCCC)[C@H](O)[C@@H]2O. The molecule has 1 saturated heterocycles. The molecule has 0 aliphatic carbocycles. The van der Waals surface area contributed by atoms with Gasteiger partial charge in [0.2, 0.25) is 0 Å². The van der Waals surface area contributed by atoms with Crippen molar-refractivity contribution in [3.05, 3.63) is 83.5 Å². The molecular formula is C50H79N3O18P2. The second kappa shape index (κ2) is 34.6. The highest BCUT2D eigenvalue weighted by molar-refractivity contribution is 7.61. The summed E-state index contributed by atoms with van der Waals surface area (Å²) in [6.45, 7) is 1.37. The summed E-state index contributed by atoms with van der Waals surface area (Å²) in [5, 5.41) is 45.4. The molecule has 8 N–H and O–H groups in total. The Labute approximate surface area is 428 Å². The fourth-order valence-corrected chi connectivity index (χ4v) is 9.94. The number of aromatic nitrogens is 2. The van der Waals surface area contributed by atoms with Gasteiger partial charge in [-0.2, -0.15) is 9.29 Å². The standard InChI is InChI=1S/C50H79N3O18P2/c1-3-5-7-8-9-10-11-12-13-14-15-16-17-18-23-27-45(57)66-34-38-35-67-72(62,63)71-73(64,65)68-36-43-48(60)47(59)39(30-29-37(54)25-21-6-4-2)41(55)33-42(56)40(26-22-19-20-24-28-46(58)69-38)49(70-43)53-32-31-44(51)52-50(53)61/h9-10,12-13,15-16,19,22,29-32,37-41,43,47-49,54-55,59-60H,3-8,11,14,17-18,20-21,23-28,33-36H2,1-2H3,(H,62,63)(H,64,65)(H2,51,52,61)/b10-9-,13-12-,16-15-,22-19?,30-29?/t37-,38+,39-,40-,41+,43+,47-,48+,49+/m0/s1. The quantitative estimate of drug-likeness (QED) is 0.0268. The number of allylic oxidation sites excluding steroid dienone is 8. The number of carbonyl (C=O) groups excluding carboxylic acids is 3. The van der Waals surface area contributed by atoms with E-state index in [1.807, 2.05) is 19.1 Å². The normalized spacial score (nSPS) is 29.3. The smallest absolute Gasteiger partial charge is 0.462 e. The summed E-state index contributed by atoms with van der Waals surface area (Å²) in [7, 11) is -11.3. The van der Waals surface area contributed by atoms with Gasteiger partial charge in [-0.25, -0.2) is 13.9 Å². The van der Waals surface area contributed by atoms with E-state index in [0.29, 0.717) is 25.7 Å². The van der Waals surface area contributed by atoms with Crippen LogP contribution in [0.25, 0.3) is 0 Å². The van der Waals surface area contributed by atoms with Crippen molar-refractivity contribution in [3.8, 4) is 0 Å². The topological polar surface area (TPSA) is 323 Å². The van der Waals surface area contributed by atoms with Crippen LogP contribution >= 0.6 is 15.6 Å². The van der Waals surface area contributed by atoms with Gasteiger partial charge in [0.25, 0.3) is 0 Å². The molecule has 412 valence electrons. The monoisotopic (exact) mass is 1070 g/mol. The summed E-state index contributed by atoms with van der Waals surface area (Å²) in [5.41, 5.74) is 4.71. The first-order valence-electron chi connectivity index (χ1n) is 25.4. The highest BCUT2D eigenvalue weighted by atomic mass is 31.3. The predicted octanol–water partition coefficient (Wildman–Crippen LogP) is 6.92. The minimum atomic E-state index is -5.73. The minimum Gasteiger partial charge on any atom is -0.462 e. The molecule has 3 rings (SSSR count). The van der Waals surface area contributed by atoms with Crippen LogP contribution < -0.4 is 11.4 Å². The van der Waals surface area contributed by atoms with Crippen molar-refractivity contribution >= 4 is 39.2 Å². The van der Waals surface area contributed by atoms with Gasteiger partial charge >= 0.3 is 33.3 Å². The number of anilines is 1. The summed E-state index contributed by atoms with van der Waals surface area (Å²) < 4.78 is 58.7. The van der Waals surface area contributed by atoms with Crippen LogP contribution in [0.4, 0.5) is 5.82 Å². The first kappa shape index (κ1) is 63.3. The zero-order valence-corrected chi connectivity index (χ0v) is 43.9. The molecule has 1 aromatic heterocycles. The number of esters is 2. The summed E-state index contributed by atoms with van der Waals surface area (Å²) in [6.07, 6.45) is 17.9. The van der Waals surface area contributed by atoms with Crippen molar-refractivity contribution in [3.63, 3.8) is 0 Å². The van der Waals surface area contributed by atoms with Crippen molar-refractivity contribution in [1.82, 2.24) is 9.55 Å². The van der Waals surface area contributed by atoms with Crippen LogP contribution in [0.3, 0.4) is 0 Å². The lowest BCUT2D eigenvalue weighted by molar-refractivity contribution is -0.183. The van der Waals surface area contributed by atoms with Gasteiger partial charge < -0.3 is 50.2 Å². The Hall–Kier alpha value is -3.95. The van der Waals surface area contributed by atoms with E-state index in [9.17, 15) is 58.5 Å². The second-order valence-corrected chi connectivity index (χ2v) is 21.1. The fourth-order valence-electron chi connectivity index (χ4n) is 7.83. The molecule has 2 bridgehead atoms. The van der Waals surface area contributed by atoms with Gasteiger partial charge in [-0.05, 0) is 76.7 Å². The number of hydrogen-bond acceptors (Lipinski definition) is 18. The summed E-state index contributed by atoms with van der Waals surface area (Å²) in [4.78, 5) is 78.2. The third-order valence-electron chi connectivity index (χ3n) is 11.9. The molecule has 1 aromatic rings. The number of nitrogens with two attached hydrogens (primary N) is 1. The van der Waals surface area contributed by atoms with E-state index in [0.717, 1.165) is 49.3 Å². The summed E-state index contributed by atoms with van der Waals surface area (Å²) in [6, 6.07) is 1.21. The van der Waals surface area contributed by atoms with E-state index >= 15 is 0 Å². The van der Waals surface area contributed by atoms with Crippen LogP contribution in [0.5, 0.6) is 0 Å². The van der Waals surface area contributed by atoms with E-state index in [2.05, 4.69) is 40.5 Å². The maximum absolute atomic E-state index is 14.3. The molecule has 11 atom stereocenters.